The third kappa shape index (κ3) is 2.65. The molecule has 3 rings (SSSR count). The number of benzene rings is 1. The van der Waals surface area contributed by atoms with E-state index in [1.807, 2.05) is 6.07 Å². The third-order valence-corrected chi connectivity index (χ3v) is 4.69. The van der Waals surface area contributed by atoms with Gasteiger partial charge in [-0.3, -0.25) is 14.5 Å². The molecular formula is C16H16ClN3O4. The topological polar surface area (TPSA) is 113 Å². The lowest BCUT2D eigenvalue weighted by Gasteiger charge is -2.49. The van der Waals surface area contributed by atoms with Gasteiger partial charge in [0.2, 0.25) is 5.91 Å². The molecule has 1 saturated heterocycles. The van der Waals surface area contributed by atoms with Crippen molar-refractivity contribution >= 4 is 29.4 Å². The standard InChI is InChI=1S/C16H16ClN3O4/c17-9-6-7-10-12(15(22)20(10)13(9)16(23)24)19-14(21)11(18)8-4-2-1-3-5-8/h1-5,10-12H,6-7,18H2,(H,19,21)(H,23,24)/t10-,11+,12-/m0/s1. The summed E-state index contributed by atoms with van der Waals surface area (Å²) in [5.41, 5.74) is 6.35. The van der Waals surface area contributed by atoms with Crippen molar-refractivity contribution in [2.24, 2.45) is 5.73 Å². The predicted octanol–water partition coefficient (Wildman–Crippen LogP) is 0.711. The maximum atomic E-state index is 12.3. The summed E-state index contributed by atoms with van der Waals surface area (Å²) in [4.78, 5) is 37.0. The van der Waals surface area contributed by atoms with Crippen LogP contribution in [0.1, 0.15) is 24.4 Å². The van der Waals surface area contributed by atoms with Gasteiger partial charge < -0.3 is 16.2 Å². The van der Waals surface area contributed by atoms with Gasteiger partial charge in [-0.05, 0) is 18.4 Å². The van der Waals surface area contributed by atoms with Crippen LogP contribution in [0.25, 0.3) is 0 Å². The Labute approximate surface area is 143 Å². The summed E-state index contributed by atoms with van der Waals surface area (Å²) in [5.74, 6) is -2.20. The van der Waals surface area contributed by atoms with E-state index in [0.717, 1.165) is 4.90 Å². The van der Waals surface area contributed by atoms with Gasteiger partial charge >= 0.3 is 5.97 Å². The molecule has 0 saturated carbocycles. The highest BCUT2D eigenvalue weighted by Gasteiger charge is 2.53. The van der Waals surface area contributed by atoms with Crippen molar-refractivity contribution in [2.75, 3.05) is 0 Å². The fourth-order valence-electron chi connectivity index (χ4n) is 3.07. The second kappa shape index (κ2) is 6.26. The number of allylic oxidation sites excluding steroid dienone is 1. The van der Waals surface area contributed by atoms with Gasteiger partial charge in [-0.25, -0.2) is 4.79 Å². The maximum Gasteiger partial charge on any atom is 0.353 e. The highest BCUT2D eigenvalue weighted by atomic mass is 35.5. The van der Waals surface area contributed by atoms with Crippen LogP contribution in [-0.2, 0) is 14.4 Å². The van der Waals surface area contributed by atoms with Gasteiger partial charge in [-0.2, -0.15) is 0 Å². The number of nitrogens with zero attached hydrogens (tertiary/aromatic N) is 1. The van der Waals surface area contributed by atoms with Crippen LogP contribution in [0.15, 0.2) is 41.1 Å². The molecule has 1 fully saturated rings. The summed E-state index contributed by atoms with van der Waals surface area (Å²) in [6.45, 7) is 0. The Morgan fingerprint density at radius 1 is 1.33 bits per heavy atom. The Bertz CT molecular complexity index is 734. The lowest BCUT2D eigenvalue weighted by molar-refractivity contribution is -0.156. The molecule has 0 unspecified atom stereocenters. The molecule has 3 atom stereocenters. The van der Waals surface area contributed by atoms with Crippen LogP contribution in [0, 0.1) is 0 Å². The first-order chi connectivity index (χ1) is 11.4. The van der Waals surface area contributed by atoms with Gasteiger partial charge in [0.1, 0.15) is 17.8 Å². The van der Waals surface area contributed by atoms with Gasteiger partial charge in [-0.15, -0.1) is 0 Å². The molecule has 0 aromatic heterocycles. The number of nitrogens with two attached hydrogens (primary N) is 1. The normalized spacial score (nSPS) is 24.1. The first kappa shape index (κ1) is 16.5. The van der Waals surface area contributed by atoms with Crippen LogP contribution in [-0.4, -0.2) is 39.9 Å². The maximum absolute atomic E-state index is 12.3. The number of carbonyl (C=O) groups excluding carboxylic acids is 2. The first-order valence-electron chi connectivity index (χ1n) is 7.47. The Kier molecular flexibility index (Phi) is 4.29. The van der Waals surface area contributed by atoms with Crippen molar-refractivity contribution in [2.45, 2.75) is 31.0 Å². The Hall–Kier alpha value is -2.38. The van der Waals surface area contributed by atoms with Gasteiger partial charge in [0.15, 0.2) is 0 Å². The number of amides is 2. The summed E-state index contributed by atoms with van der Waals surface area (Å²) >= 11 is 5.92. The summed E-state index contributed by atoms with van der Waals surface area (Å²) in [7, 11) is 0. The molecule has 24 heavy (non-hydrogen) atoms. The highest BCUT2D eigenvalue weighted by molar-refractivity contribution is 6.32. The molecule has 2 aliphatic rings. The van der Waals surface area contributed by atoms with Crippen molar-refractivity contribution in [3.05, 3.63) is 46.6 Å². The van der Waals surface area contributed by atoms with Gasteiger partial charge in [-0.1, -0.05) is 41.9 Å². The fraction of sp³-hybridized carbons (Fsp3) is 0.312. The Balaban J connectivity index is 1.71. The SMILES string of the molecule is N[C@@H](C(=O)N[C@@H]1C(=O)N2C(C(=O)O)=C(Cl)CC[C@@H]12)c1ccccc1. The van der Waals surface area contributed by atoms with E-state index in [1.54, 1.807) is 24.3 Å². The number of carbonyl (C=O) groups is 3. The number of carboxylic acid groups (broad SMARTS) is 1. The molecule has 7 nitrogen and oxygen atoms in total. The number of fused-ring (bicyclic) bond motifs is 1. The van der Waals surface area contributed by atoms with E-state index < -0.39 is 35.9 Å². The number of halogens is 1. The molecular weight excluding hydrogens is 334 g/mol. The van der Waals surface area contributed by atoms with Gasteiger partial charge in [0, 0.05) is 5.03 Å². The largest absolute Gasteiger partial charge is 0.477 e. The van der Waals surface area contributed by atoms with E-state index >= 15 is 0 Å². The molecule has 2 aliphatic heterocycles. The number of rotatable bonds is 4. The van der Waals surface area contributed by atoms with Crippen molar-refractivity contribution in [3.8, 4) is 0 Å². The molecule has 0 aliphatic carbocycles. The van der Waals surface area contributed by atoms with Gasteiger partial charge in [0.05, 0.1) is 6.04 Å². The molecule has 4 N–H and O–H groups in total. The lowest BCUT2D eigenvalue weighted by Crippen LogP contribution is -2.72. The number of carboxylic acids is 1. The fourth-order valence-corrected chi connectivity index (χ4v) is 3.35. The van der Waals surface area contributed by atoms with Crippen LogP contribution < -0.4 is 11.1 Å². The van der Waals surface area contributed by atoms with Crippen LogP contribution in [0.3, 0.4) is 0 Å². The van der Waals surface area contributed by atoms with Crippen LogP contribution in [0.4, 0.5) is 0 Å². The van der Waals surface area contributed by atoms with E-state index in [0.29, 0.717) is 18.4 Å². The first-order valence-corrected chi connectivity index (χ1v) is 7.85. The minimum Gasteiger partial charge on any atom is -0.477 e. The zero-order valence-electron chi connectivity index (χ0n) is 12.6. The molecule has 2 heterocycles. The van der Waals surface area contributed by atoms with Crippen LogP contribution in [0.2, 0.25) is 0 Å². The quantitative estimate of drug-likeness (QED) is 0.693. The molecule has 126 valence electrons. The molecule has 1 aromatic rings. The number of β-lactam (4-membered cyclic amide) rings is 1. The molecule has 0 radical (unpaired) electrons. The highest BCUT2D eigenvalue weighted by Crippen LogP contribution is 2.38. The average Bonchev–Trinajstić information content (AvgIpc) is 2.59. The second-order valence-corrected chi connectivity index (χ2v) is 6.20. The zero-order chi connectivity index (χ0) is 17.4. The molecule has 0 spiro atoms. The smallest absolute Gasteiger partial charge is 0.353 e. The van der Waals surface area contributed by atoms with Crippen LogP contribution >= 0.6 is 11.6 Å². The van der Waals surface area contributed by atoms with Gasteiger partial charge in [0.25, 0.3) is 5.91 Å². The number of hydrogen-bond donors (Lipinski definition) is 3. The van der Waals surface area contributed by atoms with Crippen molar-refractivity contribution in [1.82, 2.24) is 10.2 Å². The van der Waals surface area contributed by atoms with E-state index in [9.17, 15) is 19.5 Å². The Morgan fingerprint density at radius 3 is 2.62 bits per heavy atom. The second-order valence-electron chi connectivity index (χ2n) is 5.75. The predicted molar refractivity (Wildman–Crippen MR) is 85.7 cm³/mol. The minimum atomic E-state index is -1.25. The Morgan fingerprint density at radius 2 is 2.00 bits per heavy atom. The van der Waals surface area contributed by atoms with Crippen molar-refractivity contribution in [3.63, 3.8) is 0 Å². The molecule has 8 heteroatoms. The number of hydrogen-bond acceptors (Lipinski definition) is 4. The van der Waals surface area contributed by atoms with E-state index in [-0.39, 0.29) is 10.7 Å². The summed E-state index contributed by atoms with van der Waals surface area (Å²) in [6, 6.07) is 6.74. The third-order valence-electron chi connectivity index (χ3n) is 4.32. The van der Waals surface area contributed by atoms with Crippen LogP contribution in [0.5, 0.6) is 0 Å². The monoisotopic (exact) mass is 349 g/mol. The summed E-state index contributed by atoms with van der Waals surface area (Å²) < 4.78 is 0. The molecule has 1 aromatic carbocycles. The summed E-state index contributed by atoms with van der Waals surface area (Å²) in [5, 5.41) is 12.0. The zero-order valence-corrected chi connectivity index (χ0v) is 13.4. The van der Waals surface area contributed by atoms with E-state index in [4.69, 9.17) is 17.3 Å². The lowest BCUT2D eigenvalue weighted by atomic mass is 9.86. The average molecular weight is 350 g/mol. The molecule has 2 amide bonds. The van der Waals surface area contributed by atoms with Crippen molar-refractivity contribution in [1.29, 1.82) is 0 Å². The number of aliphatic carboxylic acids is 1. The number of nitrogens with one attached hydrogen (secondary N) is 1. The van der Waals surface area contributed by atoms with E-state index in [2.05, 4.69) is 5.32 Å². The minimum absolute atomic E-state index is 0.151. The van der Waals surface area contributed by atoms with Crippen molar-refractivity contribution < 1.29 is 19.5 Å². The van der Waals surface area contributed by atoms with E-state index in [1.165, 1.54) is 0 Å². The summed E-state index contributed by atoms with van der Waals surface area (Å²) in [6.07, 6.45) is 0.849. The molecule has 0 bridgehead atoms.